The minimum Gasteiger partial charge on any atom is -0.313 e. The molecule has 0 radical (unpaired) electrons. The lowest BCUT2D eigenvalue weighted by Crippen LogP contribution is -2.09. The molecule has 128 valence electrons. The fourth-order valence-corrected chi connectivity index (χ4v) is 3.81. The summed E-state index contributed by atoms with van der Waals surface area (Å²) in [7, 11) is 0. The van der Waals surface area contributed by atoms with Crippen LogP contribution in [0.4, 0.5) is 0 Å². The van der Waals surface area contributed by atoms with Crippen LogP contribution in [0, 0.1) is 0 Å². The van der Waals surface area contributed by atoms with E-state index in [4.69, 9.17) is 34.8 Å². The molecule has 0 aliphatic rings. The van der Waals surface area contributed by atoms with E-state index in [1.807, 2.05) is 28.7 Å². The van der Waals surface area contributed by atoms with E-state index >= 15 is 0 Å². The minimum absolute atomic E-state index is 0.182. The molecule has 0 saturated carbocycles. The highest BCUT2D eigenvalue weighted by Gasteiger charge is 2.17. The van der Waals surface area contributed by atoms with Crippen LogP contribution < -0.4 is 5.43 Å². The van der Waals surface area contributed by atoms with E-state index in [1.54, 1.807) is 36.8 Å². The number of fused-ring (bicyclic) bond motifs is 1. The van der Waals surface area contributed by atoms with Crippen LogP contribution >= 0.6 is 34.8 Å². The van der Waals surface area contributed by atoms with Gasteiger partial charge in [0.15, 0.2) is 5.43 Å². The van der Waals surface area contributed by atoms with Crippen LogP contribution in [0.1, 0.15) is 0 Å². The lowest BCUT2D eigenvalue weighted by Gasteiger charge is -2.14. The highest BCUT2D eigenvalue weighted by molar-refractivity contribution is 6.39. The summed E-state index contributed by atoms with van der Waals surface area (Å²) in [4.78, 5) is 17.0. The molecule has 26 heavy (non-hydrogen) atoms. The molecule has 0 spiro atoms. The van der Waals surface area contributed by atoms with E-state index < -0.39 is 0 Å². The molecule has 6 heteroatoms. The van der Waals surface area contributed by atoms with Crippen LogP contribution in [0.15, 0.2) is 71.9 Å². The summed E-state index contributed by atoms with van der Waals surface area (Å²) in [5, 5.41) is 1.41. The molecule has 4 aromatic rings. The summed E-state index contributed by atoms with van der Waals surface area (Å²) in [6.45, 7) is 0. The smallest absolute Gasteiger partial charge is 0.190 e. The summed E-state index contributed by atoms with van der Waals surface area (Å²) in [6, 6.07) is 14.1. The van der Waals surface area contributed by atoms with Crippen molar-refractivity contribution in [2.75, 3.05) is 0 Å². The maximum absolute atomic E-state index is 12.7. The SMILES string of the molecule is O=c1ccn2c(-c3ccccc3Cl)cncc2c1-c1c(Cl)cccc1Cl. The van der Waals surface area contributed by atoms with E-state index in [0.29, 0.717) is 31.7 Å². The van der Waals surface area contributed by atoms with Crippen LogP contribution in [-0.2, 0) is 0 Å². The van der Waals surface area contributed by atoms with Crippen molar-refractivity contribution in [1.82, 2.24) is 9.38 Å². The summed E-state index contributed by atoms with van der Waals surface area (Å²) in [6.07, 6.45) is 5.03. The molecule has 0 amide bonds. The average molecular weight is 402 g/mol. The van der Waals surface area contributed by atoms with Crippen molar-refractivity contribution in [3.63, 3.8) is 0 Å². The van der Waals surface area contributed by atoms with E-state index in [9.17, 15) is 4.79 Å². The average Bonchev–Trinajstić information content (AvgIpc) is 2.63. The summed E-state index contributed by atoms with van der Waals surface area (Å²) < 4.78 is 1.87. The third-order valence-corrected chi connectivity index (χ3v) is 5.11. The van der Waals surface area contributed by atoms with Gasteiger partial charge in [0.05, 0.1) is 39.2 Å². The molecule has 0 unspecified atom stereocenters. The Kier molecular flexibility index (Phi) is 4.45. The van der Waals surface area contributed by atoms with Gasteiger partial charge in [-0.1, -0.05) is 59.1 Å². The van der Waals surface area contributed by atoms with Gasteiger partial charge >= 0.3 is 0 Å². The minimum atomic E-state index is -0.182. The fraction of sp³-hybridized carbons (Fsp3) is 0. The fourth-order valence-electron chi connectivity index (χ4n) is 2.99. The summed E-state index contributed by atoms with van der Waals surface area (Å²) in [5.41, 5.74) is 2.90. The summed E-state index contributed by atoms with van der Waals surface area (Å²) in [5.74, 6) is 0. The van der Waals surface area contributed by atoms with Gasteiger partial charge in [0.2, 0.25) is 0 Å². The van der Waals surface area contributed by atoms with Crippen molar-refractivity contribution in [2.45, 2.75) is 0 Å². The lowest BCUT2D eigenvalue weighted by atomic mass is 10.0. The lowest BCUT2D eigenvalue weighted by molar-refractivity contribution is 1.12. The first-order chi connectivity index (χ1) is 12.6. The van der Waals surface area contributed by atoms with E-state index in [-0.39, 0.29) is 5.43 Å². The summed E-state index contributed by atoms with van der Waals surface area (Å²) >= 11 is 19.0. The number of hydrogen-bond donors (Lipinski definition) is 0. The number of halogens is 3. The van der Waals surface area contributed by atoms with Gasteiger partial charge in [0.1, 0.15) is 0 Å². The van der Waals surface area contributed by atoms with Gasteiger partial charge < -0.3 is 4.40 Å². The molecule has 0 aliphatic heterocycles. The van der Waals surface area contributed by atoms with Crippen molar-refractivity contribution >= 4 is 40.3 Å². The first-order valence-electron chi connectivity index (χ1n) is 7.76. The first-order valence-corrected chi connectivity index (χ1v) is 8.90. The van der Waals surface area contributed by atoms with Gasteiger partial charge in [-0.15, -0.1) is 0 Å². The molecule has 0 aliphatic carbocycles. The van der Waals surface area contributed by atoms with E-state index in [1.165, 1.54) is 6.07 Å². The zero-order valence-corrected chi connectivity index (χ0v) is 15.6. The molecule has 2 heterocycles. The molecule has 3 nitrogen and oxygen atoms in total. The van der Waals surface area contributed by atoms with Crippen molar-refractivity contribution in [3.8, 4) is 22.4 Å². The second-order valence-corrected chi connectivity index (χ2v) is 6.90. The largest absolute Gasteiger partial charge is 0.313 e. The second kappa shape index (κ2) is 6.76. The van der Waals surface area contributed by atoms with E-state index in [2.05, 4.69) is 4.98 Å². The number of nitrogens with zero attached hydrogens (tertiary/aromatic N) is 2. The van der Waals surface area contributed by atoms with Crippen molar-refractivity contribution in [2.24, 2.45) is 0 Å². The Bertz CT molecular complexity index is 1180. The normalized spacial score (nSPS) is 11.0. The van der Waals surface area contributed by atoms with Crippen LogP contribution in [-0.4, -0.2) is 9.38 Å². The van der Waals surface area contributed by atoms with Crippen molar-refractivity contribution in [3.05, 3.63) is 92.4 Å². The standard InChI is InChI=1S/C20H11Cl3N2O/c21-13-5-2-1-4-12(13)16-10-24-11-17-20(18(26)8-9-25(16)17)19-14(22)6-3-7-15(19)23/h1-11H. The Morgan fingerprint density at radius 2 is 1.46 bits per heavy atom. The number of rotatable bonds is 2. The zero-order valence-electron chi connectivity index (χ0n) is 13.3. The van der Waals surface area contributed by atoms with Crippen molar-refractivity contribution < 1.29 is 0 Å². The first kappa shape index (κ1) is 17.1. The van der Waals surface area contributed by atoms with Gasteiger partial charge in [0.25, 0.3) is 0 Å². The Labute approximate surface area is 164 Å². The molecule has 0 saturated heterocycles. The Morgan fingerprint density at radius 1 is 0.769 bits per heavy atom. The Hall–Kier alpha value is -2.33. The Balaban J connectivity index is 2.12. The predicted octanol–water partition coefficient (Wildman–Crippen LogP) is 5.99. The van der Waals surface area contributed by atoms with Crippen LogP contribution in [0.5, 0.6) is 0 Å². The maximum Gasteiger partial charge on any atom is 0.190 e. The Morgan fingerprint density at radius 3 is 2.19 bits per heavy atom. The predicted molar refractivity (Wildman–Crippen MR) is 107 cm³/mol. The molecule has 0 fully saturated rings. The third kappa shape index (κ3) is 2.78. The molecule has 0 bridgehead atoms. The number of aromatic nitrogens is 2. The number of pyridine rings is 1. The number of hydrogen-bond acceptors (Lipinski definition) is 2. The van der Waals surface area contributed by atoms with Crippen LogP contribution in [0.25, 0.3) is 27.9 Å². The topological polar surface area (TPSA) is 34.4 Å². The molecule has 2 aromatic carbocycles. The maximum atomic E-state index is 12.7. The van der Waals surface area contributed by atoms with Crippen LogP contribution in [0.3, 0.4) is 0 Å². The molecular weight excluding hydrogens is 391 g/mol. The second-order valence-electron chi connectivity index (χ2n) is 5.68. The van der Waals surface area contributed by atoms with Gasteiger partial charge in [0, 0.05) is 28.4 Å². The van der Waals surface area contributed by atoms with Crippen LogP contribution in [0.2, 0.25) is 15.1 Å². The highest BCUT2D eigenvalue weighted by Crippen LogP contribution is 2.36. The molecule has 0 N–H and O–H groups in total. The van der Waals surface area contributed by atoms with Gasteiger partial charge in [-0.2, -0.15) is 0 Å². The third-order valence-electron chi connectivity index (χ3n) is 4.15. The highest BCUT2D eigenvalue weighted by atomic mass is 35.5. The van der Waals surface area contributed by atoms with Gasteiger partial charge in [-0.3, -0.25) is 9.78 Å². The van der Waals surface area contributed by atoms with Gasteiger partial charge in [-0.05, 0) is 18.2 Å². The molecule has 0 atom stereocenters. The zero-order chi connectivity index (χ0) is 18.3. The quantitative estimate of drug-likeness (QED) is 0.413. The number of benzene rings is 2. The van der Waals surface area contributed by atoms with Crippen molar-refractivity contribution in [1.29, 1.82) is 0 Å². The van der Waals surface area contributed by atoms with E-state index in [0.717, 1.165) is 11.3 Å². The molecule has 2 aromatic heterocycles. The monoisotopic (exact) mass is 400 g/mol. The van der Waals surface area contributed by atoms with Gasteiger partial charge in [-0.25, -0.2) is 0 Å². The molecule has 4 rings (SSSR count). The molecular formula is C20H11Cl3N2O.